The summed E-state index contributed by atoms with van der Waals surface area (Å²) in [6.07, 6.45) is 6.78. The Morgan fingerprint density at radius 3 is 2.94 bits per heavy atom. The Kier molecular flexibility index (Phi) is 3.19. The van der Waals surface area contributed by atoms with Gasteiger partial charge >= 0.3 is 0 Å². The van der Waals surface area contributed by atoms with Crippen molar-refractivity contribution in [2.24, 2.45) is 5.73 Å². The fourth-order valence-electron chi connectivity index (χ4n) is 3.05. The molecule has 2 fully saturated rings. The molecule has 94 valence electrons. The van der Waals surface area contributed by atoms with Gasteiger partial charge in [0.25, 0.3) is 0 Å². The number of ether oxygens (including phenoxy) is 1. The summed E-state index contributed by atoms with van der Waals surface area (Å²) in [5.41, 5.74) is 7.04. The Bertz CT molecular complexity index is 404. The summed E-state index contributed by atoms with van der Waals surface area (Å²) in [4.78, 5) is 6.11. The summed E-state index contributed by atoms with van der Waals surface area (Å²) in [6.45, 7) is 2.83. The lowest BCUT2D eigenvalue weighted by Crippen LogP contribution is -2.14. The number of nitrogens with two attached hydrogens (primary N) is 1. The van der Waals surface area contributed by atoms with Crippen LogP contribution in [0.2, 0.25) is 0 Å². The molecular formula is C13H20N2OS. The molecule has 3 nitrogen and oxygen atoms in total. The van der Waals surface area contributed by atoms with Crippen LogP contribution in [0.4, 0.5) is 0 Å². The van der Waals surface area contributed by atoms with Crippen molar-refractivity contribution in [2.75, 3.05) is 0 Å². The van der Waals surface area contributed by atoms with E-state index in [1.807, 2.05) is 11.3 Å². The van der Waals surface area contributed by atoms with E-state index in [1.54, 1.807) is 0 Å². The van der Waals surface area contributed by atoms with Crippen LogP contribution in [0.15, 0.2) is 0 Å². The molecular weight excluding hydrogens is 232 g/mol. The Balaban J connectivity index is 1.83. The Labute approximate surface area is 106 Å². The van der Waals surface area contributed by atoms with Gasteiger partial charge in [0.1, 0.15) is 0 Å². The summed E-state index contributed by atoms with van der Waals surface area (Å²) in [7, 11) is 0. The molecule has 4 heteroatoms. The third-order valence-electron chi connectivity index (χ3n) is 3.89. The fourth-order valence-corrected chi connectivity index (χ4v) is 4.21. The smallest absolute Gasteiger partial charge is 0.0989 e. The molecule has 0 radical (unpaired) electrons. The van der Waals surface area contributed by atoms with Crippen molar-refractivity contribution in [3.63, 3.8) is 0 Å². The van der Waals surface area contributed by atoms with Crippen molar-refractivity contribution < 1.29 is 4.74 Å². The maximum atomic E-state index is 5.92. The maximum absolute atomic E-state index is 5.92. The molecule has 17 heavy (non-hydrogen) atoms. The van der Waals surface area contributed by atoms with Crippen molar-refractivity contribution in [1.29, 1.82) is 0 Å². The van der Waals surface area contributed by atoms with Crippen LogP contribution < -0.4 is 5.73 Å². The minimum Gasteiger partial charge on any atom is -0.374 e. The van der Waals surface area contributed by atoms with Crippen LogP contribution in [0, 0.1) is 0 Å². The first-order valence-electron chi connectivity index (χ1n) is 6.65. The van der Waals surface area contributed by atoms with E-state index in [0.29, 0.717) is 24.7 Å². The van der Waals surface area contributed by atoms with Gasteiger partial charge in [0.15, 0.2) is 0 Å². The van der Waals surface area contributed by atoms with Crippen LogP contribution in [0.1, 0.15) is 54.1 Å². The summed E-state index contributed by atoms with van der Waals surface area (Å²) >= 11 is 1.82. The molecule has 3 heterocycles. The van der Waals surface area contributed by atoms with E-state index in [4.69, 9.17) is 15.5 Å². The van der Waals surface area contributed by atoms with Gasteiger partial charge in [0.05, 0.1) is 22.9 Å². The quantitative estimate of drug-likeness (QED) is 0.896. The molecule has 1 aromatic heterocycles. The standard InChI is InChI=1S/C13H20N2OS/c1-2-3-10-12(7-14)17-13(15-10)9-6-8-4-5-11(9)16-8/h8-9,11H,2-7,14H2,1H3. The lowest BCUT2D eigenvalue weighted by molar-refractivity contribution is 0.100. The first kappa shape index (κ1) is 11.6. The van der Waals surface area contributed by atoms with Gasteiger partial charge in [-0.25, -0.2) is 4.98 Å². The number of hydrogen-bond donors (Lipinski definition) is 1. The minimum absolute atomic E-state index is 0.436. The molecule has 2 aliphatic rings. The summed E-state index contributed by atoms with van der Waals surface area (Å²) in [5, 5.41) is 1.28. The number of thiazole rings is 1. The van der Waals surface area contributed by atoms with E-state index < -0.39 is 0 Å². The minimum atomic E-state index is 0.436. The Morgan fingerprint density at radius 1 is 1.47 bits per heavy atom. The van der Waals surface area contributed by atoms with E-state index in [1.165, 1.54) is 34.8 Å². The Morgan fingerprint density at radius 2 is 2.35 bits per heavy atom. The molecule has 2 saturated heterocycles. The van der Waals surface area contributed by atoms with Crippen LogP contribution in [0.3, 0.4) is 0 Å². The second-order valence-corrected chi connectivity index (χ2v) is 6.21. The van der Waals surface area contributed by atoms with E-state index in [2.05, 4.69) is 6.92 Å². The predicted octanol–water partition coefficient (Wildman–Crippen LogP) is 2.59. The lowest BCUT2D eigenvalue weighted by atomic mass is 9.90. The maximum Gasteiger partial charge on any atom is 0.0989 e. The zero-order chi connectivity index (χ0) is 11.8. The summed E-state index contributed by atoms with van der Waals surface area (Å²) < 4.78 is 5.92. The molecule has 0 saturated carbocycles. The van der Waals surface area contributed by atoms with Gasteiger partial charge in [-0.05, 0) is 25.7 Å². The first-order chi connectivity index (χ1) is 8.31. The van der Waals surface area contributed by atoms with E-state index >= 15 is 0 Å². The van der Waals surface area contributed by atoms with Crippen molar-refractivity contribution >= 4 is 11.3 Å². The highest BCUT2D eigenvalue weighted by Gasteiger charge is 2.43. The molecule has 0 aromatic carbocycles. The molecule has 2 N–H and O–H groups in total. The molecule has 1 aromatic rings. The molecule has 0 amide bonds. The van der Waals surface area contributed by atoms with Crippen LogP contribution in [-0.4, -0.2) is 17.2 Å². The zero-order valence-corrected chi connectivity index (χ0v) is 11.1. The molecule has 0 spiro atoms. The van der Waals surface area contributed by atoms with Crippen LogP contribution >= 0.6 is 11.3 Å². The van der Waals surface area contributed by atoms with Crippen LogP contribution in [-0.2, 0) is 17.7 Å². The molecule has 2 bridgehead atoms. The van der Waals surface area contributed by atoms with Crippen LogP contribution in [0.25, 0.3) is 0 Å². The molecule has 3 atom stereocenters. The van der Waals surface area contributed by atoms with Gasteiger partial charge in [0, 0.05) is 17.3 Å². The molecule has 0 aliphatic carbocycles. The molecule has 3 rings (SSSR count). The largest absolute Gasteiger partial charge is 0.374 e. The fraction of sp³-hybridized carbons (Fsp3) is 0.769. The average molecular weight is 252 g/mol. The van der Waals surface area contributed by atoms with Gasteiger partial charge in [-0.15, -0.1) is 11.3 Å². The second kappa shape index (κ2) is 4.67. The van der Waals surface area contributed by atoms with Crippen molar-refractivity contribution in [2.45, 2.75) is 63.7 Å². The van der Waals surface area contributed by atoms with Gasteiger partial charge in [-0.3, -0.25) is 0 Å². The summed E-state index contributed by atoms with van der Waals surface area (Å²) in [6, 6.07) is 0. The SMILES string of the molecule is CCCc1nc(C2CC3CCC2O3)sc1CN. The summed E-state index contributed by atoms with van der Waals surface area (Å²) in [5.74, 6) is 0.551. The number of aromatic nitrogens is 1. The highest BCUT2D eigenvalue weighted by Crippen LogP contribution is 2.45. The monoisotopic (exact) mass is 252 g/mol. The predicted molar refractivity (Wildman–Crippen MR) is 69.3 cm³/mol. The van der Waals surface area contributed by atoms with Gasteiger partial charge in [-0.1, -0.05) is 13.3 Å². The van der Waals surface area contributed by atoms with E-state index in [-0.39, 0.29) is 0 Å². The first-order valence-corrected chi connectivity index (χ1v) is 7.47. The normalized spacial score (nSPS) is 31.3. The van der Waals surface area contributed by atoms with E-state index in [0.717, 1.165) is 12.8 Å². The Hall–Kier alpha value is -0.450. The lowest BCUT2D eigenvalue weighted by Gasteiger charge is -2.15. The highest BCUT2D eigenvalue weighted by atomic mass is 32.1. The second-order valence-electron chi connectivity index (χ2n) is 5.09. The highest BCUT2D eigenvalue weighted by molar-refractivity contribution is 7.11. The van der Waals surface area contributed by atoms with Crippen molar-refractivity contribution in [1.82, 2.24) is 4.98 Å². The molecule has 3 unspecified atom stereocenters. The van der Waals surface area contributed by atoms with Crippen molar-refractivity contribution in [3.8, 4) is 0 Å². The van der Waals surface area contributed by atoms with E-state index in [9.17, 15) is 0 Å². The topological polar surface area (TPSA) is 48.1 Å². The van der Waals surface area contributed by atoms with Gasteiger partial charge in [-0.2, -0.15) is 0 Å². The van der Waals surface area contributed by atoms with Crippen molar-refractivity contribution in [3.05, 3.63) is 15.6 Å². The zero-order valence-electron chi connectivity index (χ0n) is 10.3. The average Bonchev–Trinajstić information content (AvgIpc) is 3.02. The molecule has 2 aliphatic heterocycles. The number of aryl methyl sites for hydroxylation is 1. The number of nitrogens with zero attached hydrogens (tertiary/aromatic N) is 1. The number of rotatable bonds is 4. The van der Waals surface area contributed by atoms with Gasteiger partial charge < -0.3 is 10.5 Å². The third-order valence-corrected chi connectivity index (χ3v) is 5.14. The number of hydrogen-bond acceptors (Lipinski definition) is 4. The third kappa shape index (κ3) is 2.02. The number of fused-ring (bicyclic) bond motifs is 2. The van der Waals surface area contributed by atoms with Crippen LogP contribution in [0.5, 0.6) is 0 Å². The van der Waals surface area contributed by atoms with Gasteiger partial charge in [0.2, 0.25) is 0 Å².